The van der Waals surface area contributed by atoms with Crippen LogP contribution in [0.5, 0.6) is 0 Å². The lowest BCUT2D eigenvalue weighted by molar-refractivity contribution is -0.113. The zero-order chi connectivity index (χ0) is 17.6. The maximum Gasteiger partial charge on any atom is 0.236 e. The highest BCUT2D eigenvalue weighted by molar-refractivity contribution is 8.00. The Morgan fingerprint density at radius 3 is 2.72 bits per heavy atom. The Morgan fingerprint density at radius 1 is 1.24 bits per heavy atom. The van der Waals surface area contributed by atoms with Gasteiger partial charge in [0.05, 0.1) is 17.0 Å². The predicted octanol–water partition coefficient (Wildman–Crippen LogP) is 3.51. The molecule has 1 N–H and O–H groups in total. The van der Waals surface area contributed by atoms with Crippen LogP contribution in [-0.4, -0.2) is 26.8 Å². The monoisotopic (exact) mass is 367 g/mol. The Bertz CT molecular complexity index is 934. The number of amides is 1. The van der Waals surface area contributed by atoms with Gasteiger partial charge in [-0.2, -0.15) is 5.26 Å². The molecule has 1 amide bonds. The Balaban J connectivity index is 1.72. The fourth-order valence-electron chi connectivity index (χ4n) is 2.04. The van der Waals surface area contributed by atoms with Crippen molar-refractivity contribution in [1.82, 2.24) is 15.2 Å². The molecule has 0 fully saturated rings. The smallest absolute Gasteiger partial charge is 0.236 e. The van der Waals surface area contributed by atoms with E-state index in [0.29, 0.717) is 15.7 Å². The fraction of sp³-hybridized carbons (Fsp3) is 0.118. The van der Waals surface area contributed by atoms with Gasteiger partial charge in [0, 0.05) is 5.56 Å². The average molecular weight is 367 g/mol. The average Bonchev–Trinajstić information content (AvgIpc) is 3.05. The first-order valence-electron chi connectivity index (χ1n) is 7.35. The molecule has 0 unspecified atom stereocenters. The third-order valence-corrected chi connectivity index (χ3v) is 4.91. The van der Waals surface area contributed by atoms with Crippen LogP contribution in [0.4, 0.5) is 5.13 Å². The van der Waals surface area contributed by atoms with Crippen LogP contribution in [0.1, 0.15) is 10.6 Å². The summed E-state index contributed by atoms with van der Waals surface area (Å²) >= 11 is 2.54. The maximum absolute atomic E-state index is 12.0. The number of carbonyl (C=O) groups is 1. The number of aromatic nitrogens is 3. The molecule has 0 spiro atoms. The number of nitrogens with zero attached hydrogens (tertiary/aromatic N) is 4. The minimum atomic E-state index is -0.211. The van der Waals surface area contributed by atoms with Gasteiger partial charge in [-0.05, 0) is 19.1 Å². The van der Waals surface area contributed by atoms with Gasteiger partial charge < -0.3 is 0 Å². The van der Waals surface area contributed by atoms with Crippen LogP contribution >= 0.6 is 23.1 Å². The SMILES string of the molecule is Cc1nnc(NC(=O)CSc2nc(-c3ccccc3)ccc2C#N)s1. The van der Waals surface area contributed by atoms with Crippen LogP contribution in [-0.2, 0) is 4.79 Å². The number of hydrogen-bond donors (Lipinski definition) is 1. The molecule has 0 bridgehead atoms. The number of hydrogen-bond acceptors (Lipinski definition) is 7. The molecule has 2 heterocycles. The van der Waals surface area contributed by atoms with Gasteiger partial charge in [0.2, 0.25) is 11.0 Å². The van der Waals surface area contributed by atoms with Crippen molar-refractivity contribution in [3.8, 4) is 17.3 Å². The van der Waals surface area contributed by atoms with E-state index in [2.05, 4.69) is 26.6 Å². The van der Waals surface area contributed by atoms with Gasteiger partial charge in [-0.3, -0.25) is 10.1 Å². The molecule has 0 saturated heterocycles. The topological polar surface area (TPSA) is 91.6 Å². The third kappa shape index (κ3) is 4.41. The van der Waals surface area contributed by atoms with Gasteiger partial charge in [0.1, 0.15) is 16.1 Å². The van der Waals surface area contributed by atoms with Gasteiger partial charge in [0.15, 0.2) is 0 Å². The van der Waals surface area contributed by atoms with E-state index in [9.17, 15) is 10.1 Å². The number of carbonyl (C=O) groups excluding carboxylic acids is 1. The van der Waals surface area contributed by atoms with Gasteiger partial charge >= 0.3 is 0 Å². The van der Waals surface area contributed by atoms with E-state index >= 15 is 0 Å². The maximum atomic E-state index is 12.0. The molecular formula is C17H13N5OS2. The Hall–Kier alpha value is -2.76. The number of benzene rings is 1. The van der Waals surface area contributed by atoms with Crippen LogP contribution in [0.25, 0.3) is 11.3 Å². The van der Waals surface area contributed by atoms with Gasteiger partial charge in [0.25, 0.3) is 0 Å². The standard InChI is InChI=1S/C17H13N5OS2/c1-11-21-22-17(25-11)20-15(23)10-24-16-13(9-18)7-8-14(19-16)12-5-3-2-4-6-12/h2-8H,10H2,1H3,(H,20,22,23). The van der Waals surface area contributed by atoms with Crippen LogP contribution < -0.4 is 5.32 Å². The Morgan fingerprint density at radius 2 is 2.04 bits per heavy atom. The van der Waals surface area contributed by atoms with E-state index in [1.807, 2.05) is 43.3 Å². The fourth-order valence-corrected chi connectivity index (χ4v) is 3.42. The van der Waals surface area contributed by atoms with E-state index in [0.717, 1.165) is 16.3 Å². The zero-order valence-corrected chi connectivity index (χ0v) is 14.9. The largest absolute Gasteiger partial charge is 0.300 e. The summed E-state index contributed by atoms with van der Waals surface area (Å²) in [6.45, 7) is 1.82. The van der Waals surface area contributed by atoms with Crippen molar-refractivity contribution in [2.45, 2.75) is 11.9 Å². The molecule has 0 radical (unpaired) electrons. The lowest BCUT2D eigenvalue weighted by Crippen LogP contribution is -2.14. The third-order valence-electron chi connectivity index (χ3n) is 3.16. The van der Waals surface area contributed by atoms with Crippen molar-refractivity contribution >= 4 is 34.1 Å². The van der Waals surface area contributed by atoms with Crippen LogP contribution in [0, 0.1) is 18.3 Å². The summed E-state index contributed by atoms with van der Waals surface area (Å²) in [4.78, 5) is 16.6. The quantitative estimate of drug-likeness (QED) is 0.694. The molecule has 0 aliphatic rings. The number of pyridine rings is 1. The van der Waals surface area contributed by atoms with E-state index < -0.39 is 0 Å². The Kier molecular flexibility index (Phi) is 5.38. The minimum Gasteiger partial charge on any atom is -0.300 e. The first-order valence-corrected chi connectivity index (χ1v) is 9.15. The number of nitrogens with one attached hydrogen (secondary N) is 1. The molecule has 3 rings (SSSR count). The molecule has 6 nitrogen and oxygen atoms in total. The van der Waals surface area contributed by atoms with Gasteiger partial charge in [-0.15, -0.1) is 10.2 Å². The molecule has 25 heavy (non-hydrogen) atoms. The van der Waals surface area contributed by atoms with Crippen molar-refractivity contribution in [3.63, 3.8) is 0 Å². The molecule has 0 atom stereocenters. The van der Waals surface area contributed by atoms with E-state index in [-0.39, 0.29) is 11.7 Å². The summed E-state index contributed by atoms with van der Waals surface area (Å²) in [5, 5.41) is 21.4. The first-order chi connectivity index (χ1) is 12.2. The van der Waals surface area contributed by atoms with Crippen molar-refractivity contribution in [2.75, 3.05) is 11.1 Å². The lowest BCUT2D eigenvalue weighted by atomic mass is 10.1. The number of anilines is 1. The van der Waals surface area contributed by atoms with E-state index in [1.54, 1.807) is 6.07 Å². The first kappa shape index (κ1) is 17.1. The summed E-state index contributed by atoms with van der Waals surface area (Å²) < 4.78 is 0. The number of rotatable bonds is 5. The predicted molar refractivity (Wildman–Crippen MR) is 98.4 cm³/mol. The summed E-state index contributed by atoms with van der Waals surface area (Å²) in [6, 6.07) is 15.3. The van der Waals surface area contributed by atoms with Crippen LogP contribution in [0.3, 0.4) is 0 Å². The van der Waals surface area contributed by atoms with Gasteiger partial charge in [-0.1, -0.05) is 53.4 Å². The van der Waals surface area contributed by atoms with Crippen LogP contribution in [0.15, 0.2) is 47.5 Å². The number of aryl methyl sites for hydroxylation is 1. The molecular weight excluding hydrogens is 354 g/mol. The summed E-state index contributed by atoms with van der Waals surface area (Å²) in [5.74, 6) is -0.0737. The van der Waals surface area contributed by atoms with E-state index in [4.69, 9.17) is 0 Å². The van der Waals surface area contributed by atoms with Crippen molar-refractivity contribution in [3.05, 3.63) is 53.0 Å². The summed E-state index contributed by atoms with van der Waals surface area (Å²) in [5.41, 5.74) is 2.18. The van der Waals surface area contributed by atoms with E-state index in [1.165, 1.54) is 23.1 Å². The van der Waals surface area contributed by atoms with Crippen molar-refractivity contribution < 1.29 is 4.79 Å². The highest BCUT2D eigenvalue weighted by Gasteiger charge is 2.12. The highest BCUT2D eigenvalue weighted by atomic mass is 32.2. The van der Waals surface area contributed by atoms with Crippen LogP contribution in [0.2, 0.25) is 0 Å². The minimum absolute atomic E-state index is 0.137. The second kappa shape index (κ2) is 7.88. The molecule has 3 aromatic rings. The molecule has 2 aromatic heterocycles. The second-order valence-corrected chi connectivity index (χ2v) is 7.14. The highest BCUT2D eigenvalue weighted by Crippen LogP contribution is 2.25. The normalized spacial score (nSPS) is 10.2. The second-order valence-electron chi connectivity index (χ2n) is 4.99. The molecule has 0 aliphatic heterocycles. The molecule has 0 aliphatic carbocycles. The number of thioether (sulfide) groups is 1. The lowest BCUT2D eigenvalue weighted by Gasteiger charge is -2.06. The summed E-state index contributed by atoms with van der Waals surface area (Å²) in [7, 11) is 0. The molecule has 1 aromatic carbocycles. The van der Waals surface area contributed by atoms with Crippen molar-refractivity contribution in [2.24, 2.45) is 0 Å². The zero-order valence-electron chi connectivity index (χ0n) is 13.3. The molecule has 124 valence electrons. The number of nitriles is 1. The Labute approximate surface area is 153 Å². The van der Waals surface area contributed by atoms with Gasteiger partial charge in [-0.25, -0.2) is 4.98 Å². The summed E-state index contributed by atoms with van der Waals surface area (Å²) in [6.07, 6.45) is 0. The van der Waals surface area contributed by atoms with Crippen molar-refractivity contribution in [1.29, 1.82) is 5.26 Å². The molecule has 0 saturated carbocycles. The molecule has 8 heteroatoms.